The molecule has 1 saturated carbocycles. The number of anilines is 1. The van der Waals surface area contributed by atoms with Gasteiger partial charge in [-0.2, -0.15) is 22.0 Å². The van der Waals surface area contributed by atoms with Crippen molar-refractivity contribution in [3.8, 4) is 0 Å². The topological polar surface area (TPSA) is 130 Å². The number of aromatic amines is 1. The zero-order chi connectivity index (χ0) is 34.0. The number of H-pyrrole nitrogens is 1. The van der Waals surface area contributed by atoms with E-state index in [1.807, 2.05) is 4.98 Å². The summed E-state index contributed by atoms with van der Waals surface area (Å²) in [5.41, 5.74) is 5.89. The largest absolute Gasteiger partial charge is 0.461 e. The molecule has 1 aromatic heterocycles. The average molecular weight is 717 g/mol. The molecule has 1 fully saturated rings. The number of carbonyl (C=O) groups is 3. The lowest BCUT2D eigenvalue weighted by Crippen LogP contribution is -2.50. The Bertz CT molecular complexity index is 1560. The normalized spacial score (nSPS) is 18.2. The first kappa shape index (κ1) is 35.3. The number of aromatic nitrogens is 2. The smallest absolute Gasteiger partial charge is 0.444 e. The molecule has 4 N–H and O–H groups in total. The molecule has 3 aromatic rings. The highest BCUT2D eigenvalue weighted by Crippen LogP contribution is 2.43. The van der Waals surface area contributed by atoms with Gasteiger partial charge in [-0.05, 0) is 94.7 Å². The monoisotopic (exact) mass is 715 g/mol. The third kappa shape index (κ3) is 8.41. The van der Waals surface area contributed by atoms with E-state index < -0.39 is 53.4 Å². The molecule has 0 saturated heterocycles. The number of alkyl halides is 5. The van der Waals surface area contributed by atoms with Crippen LogP contribution in [-0.2, 0) is 26.7 Å². The first-order valence-corrected chi connectivity index (χ1v) is 15.4. The summed E-state index contributed by atoms with van der Waals surface area (Å²) >= 11 is 3.34. The molecule has 1 aliphatic carbocycles. The van der Waals surface area contributed by atoms with E-state index >= 15 is 0 Å². The van der Waals surface area contributed by atoms with Crippen LogP contribution in [0.5, 0.6) is 0 Å². The van der Waals surface area contributed by atoms with Gasteiger partial charge in [0.15, 0.2) is 5.82 Å². The minimum absolute atomic E-state index is 0.0482. The summed E-state index contributed by atoms with van der Waals surface area (Å²) in [7, 11) is 0. The minimum atomic E-state index is -5.89. The van der Waals surface area contributed by atoms with Gasteiger partial charge in [0.1, 0.15) is 5.60 Å². The van der Waals surface area contributed by atoms with Crippen LogP contribution in [0.3, 0.4) is 0 Å². The lowest BCUT2D eigenvalue weighted by atomic mass is 9.81. The van der Waals surface area contributed by atoms with Crippen molar-refractivity contribution in [3.63, 3.8) is 0 Å². The van der Waals surface area contributed by atoms with Crippen LogP contribution in [-0.4, -0.2) is 52.2 Å². The number of amides is 3. The number of rotatable bonds is 8. The highest BCUT2D eigenvalue weighted by Gasteiger charge is 2.61. The van der Waals surface area contributed by atoms with Crippen molar-refractivity contribution in [2.45, 2.75) is 76.6 Å². The maximum Gasteiger partial charge on any atom is 0.461 e. The molecule has 2 aromatic carbocycles. The van der Waals surface area contributed by atoms with Crippen molar-refractivity contribution < 1.29 is 41.1 Å². The Morgan fingerprint density at radius 3 is 2.26 bits per heavy atom. The van der Waals surface area contributed by atoms with Gasteiger partial charge in [0, 0.05) is 16.9 Å². The van der Waals surface area contributed by atoms with Crippen molar-refractivity contribution >= 4 is 50.6 Å². The number of imide groups is 1. The number of nitrogens with two attached hydrogens (primary N) is 1. The molecule has 0 spiro atoms. The summed E-state index contributed by atoms with van der Waals surface area (Å²) in [5.74, 6) is -8.74. The van der Waals surface area contributed by atoms with E-state index in [4.69, 9.17) is 10.5 Å². The van der Waals surface area contributed by atoms with Crippen molar-refractivity contribution in [2.24, 2.45) is 17.6 Å². The molecule has 0 radical (unpaired) electrons. The lowest BCUT2D eigenvalue weighted by molar-refractivity contribution is -0.292. The zero-order valence-corrected chi connectivity index (χ0v) is 27.0. The van der Waals surface area contributed by atoms with Gasteiger partial charge in [0.2, 0.25) is 5.91 Å². The van der Waals surface area contributed by atoms with E-state index in [1.54, 1.807) is 45.0 Å². The fraction of sp³-hybridized carbons (Fsp3) is 0.484. The molecular formula is C31H35BrF5N5O4. The first-order valence-electron chi connectivity index (χ1n) is 14.6. The second-order valence-corrected chi connectivity index (χ2v) is 13.3. The Balaban J connectivity index is 1.57. The second kappa shape index (κ2) is 13.6. The third-order valence-corrected chi connectivity index (χ3v) is 8.16. The Morgan fingerprint density at radius 1 is 1.04 bits per heavy atom. The summed E-state index contributed by atoms with van der Waals surface area (Å²) in [6.07, 6.45) is -4.45. The standard InChI is InChI=1S/C31H35BrF5N5O4/c1-29(2,3)46-28(45)39-16-18-4-8-19(9-5-18)25(43)42(26(44)22(38)14-17-6-10-20(32)11-7-17)21-12-13-23-24(15-21)41-27(40-23)30(33,34)31(35,36)37/h6-7,10-13,15,18-19,22H,4-5,8-9,14,16,38H2,1-3H3,(H,39,45)(H,40,41)/t18?,19?,22-/m0/s1. The van der Waals surface area contributed by atoms with E-state index in [0.717, 1.165) is 27.1 Å². The van der Waals surface area contributed by atoms with Gasteiger partial charge in [0.05, 0.1) is 22.8 Å². The van der Waals surface area contributed by atoms with E-state index in [-0.39, 0.29) is 29.1 Å². The Labute approximate surface area is 270 Å². The molecule has 15 heteroatoms. The van der Waals surface area contributed by atoms with Gasteiger partial charge < -0.3 is 20.8 Å². The Kier molecular flexibility index (Phi) is 10.5. The number of nitrogens with zero attached hydrogens (tertiary/aromatic N) is 2. The number of hydrogen-bond donors (Lipinski definition) is 3. The van der Waals surface area contributed by atoms with Crippen LogP contribution in [0.25, 0.3) is 11.0 Å². The second-order valence-electron chi connectivity index (χ2n) is 12.4. The molecular weight excluding hydrogens is 681 g/mol. The van der Waals surface area contributed by atoms with Gasteiger partial charge in [-0.1, -0.05) is 28.1 Å². The SMILES string of the molecule is CC(C)(C)OC(=O)NCC1CCC(C(=O)N(C(=O)[C@@H](N)Cc2ccc(Br)cc2)c2ccc3nc(C(F)(F)C(F)(F)F)[nH]c3c2)CC1. The number of halogens is 6. The van der Waals surface area contributed by atoms with E-state index in [9.17, 15) is 36.3 Å². The van der Waals surface area contributed by atoms with Crippen LogP contribution in [0.15, 0.2) is 46.9 Å². The number of fused-ring (bicyclic) bond motifs is 1. The fourth-order valence-corrected chi connectivity index (χ4v) is 5.51. The number of carbonyl (C=O) groups excluding carboxylic acids is 3. The summed E-state index contributed by atoms with van der Waals surface area (Å²) in [4.78, 5) is 46.1. The summed E-state index contributed by atoms with van der Waals surface area (Å²) < 4.78 is 73.1. The van der Waals surface area contributed by atoms with E-state index in [1.165, 1.54) is 6.07 Å². The van der Waals surface area contributed by atoms with Gasteiger partial charge in [-0.25, -0.2) is 14.7 Å². The number of benzene rings is 2. The fourth-order valence-electron chi connectivity index (χ4n) is 5.25. The molecule has 46 heavy (non-hydrogen) atoms. The van der Waals surface area contributed by atoms with Crippen LogP contribution in [0.4, 0.5) is 32.4 Å². The molecule has 0 unspecified atom stereocenters. The number of hydrogen-bond acceptors (Lipinski definition) is 6. The number of ether oxygens (including phenoxy) is 1. The van der Waals surface area contributed by atoms with E-state index in [0.29, 0.717) is 32.2 Å². The zero-order valence-electron chi connectivity index (χ0n) is 25.4. The lowest BCUT2D eigenvalue weighted by Gasteiger charge is -2.32. The predicted octanol–water partition coefficient (Wildman–Crippen LogP) is 6.74. The number of alkyl carbamates (subject to hydrolysis) is 1. The van der Waals surface area contributed by atoms with Crippen molar-refractivity contribution in [3.05, 3.63) is 58.3 Å². The first-order chi connectivity index (χ1) is 21.4. The predicted molar refractivity (Wildman–Crippen MR) is 164 cm³/mol. The quantitative estimate of drug-likeness (QED) is 0.222. The summed E-state index contributed by atoms with van der Waals surface area (Å²) in [5, 5.41) is 2.74. The van der Waals surface area contributed by atoms with Gasteiger partial charge in [-0.3, -0.25) is 9.59 Å². The Hall–Kier alpha value is -3.59. The van der Waals surface area contributed by atoms with Gasteiger partial charge in [-0.15, -0.1) is 0 Å². The summed E-state index contributed by atoms with van der Waals surface area (Å²) in [6.45, 7) is 5.60. The molecule has 1 heterocycles. The molecule has 3 amide bonds. The van der Waals surface area contributed by atoms with Crippen molar-refractivity contribution in [1.29, 1.82) is 0 Å². The van der Waals surface area contributed by atoms with Crippen LogP contribution in [0.1, 0.15) is 57.8 Å². The van der Waals surface area contributed by atoms with Crippen LogP contribution in [0, 0.1) is 11.8 Å². The van der Waals surface area contributed by atoms with Crippen LogP contribution < -0.4 is 16.0 Å². The molecule has 4 rings (SSSR count). The maximum absolute atomic E-state index is 14.0. The van der Waals surface area contributed by atoms with Crippen LogP contribution in [0.2, 0.25) is 0 Å². The molecule has 250 valence electrons. The summed E-state index contributed by atoms with van der Waals surface area (Å²) in [6, 6.07) is 9.43. The van der Waals surface area contributed by atoms with E-state index in [2.05, 4.69) is 26.2 Å². The third-order valence-electron chi connectivity index (χ3n) is 7.63. The Morgan fingerprint density at radius 2 is 1.67 bits per heavy atom. The minimum Gasteiger partial charge on any atom is -0.444 e. The van der Waals surface area contributed by atoms with Gasteiger partial charge in [0.25, 0.3) is 5.91 Å². The number of imidazole rings is 1. The van der Waals surface area contributed by atoms with Gasteiger partial charge >= 0.3 is 18.2 Å². The van der Waals surface area contributed by atoms with Crippen LogP contribution >= 0.6 is 15.9 Å². The molecule has 1 atom stereocenters. The molecule has 9 nitrogen and oxygen atoms in total. The molecule has 1 aliphatic rings. The van der Waals surface area contributed by atoms with Crippen molar-refractivity contribution in [1.82, 2.24) is 15.3 Å². The maximum atomic E-state index is 14.0. The highest BCUT2D eigenvalue weighted by molar-refractivity contribution is 9.10. The van der Waals surface area contributed by atoms with Crippen molar-refractivity contribution in [2.75, 3.05) is 11.4 Å². The number of nitrogens with one attached hydrogen (secondary N) is 2. The molecule has 0 bridgehead atoms. The average Bonchev–Trinajstić information content (AvgIpc) is 3.40. The molecule has 0 aliphatic heterocycles. The highest BCUT2D eigenvalue weighted by atomic mass is 79.9.